The van der Waals surface area contributed by atoms with Gasteiger partial charge in [0.05, 0.1) is 6.10 Å². The molecule has 94 valence electrons. The predicted octanol–water partition coefficient (Wildman–Crippen LogP) is 0.884. The molecule has 1 aromatic rings. The number of benzene rings is 1. The highest BCUT2D eigenvalue weighted by Gasteiger charge is 2.22. The SMILES string of the molecule is CN(CCc1ccccc1)CC1CC(O)CN1. The van der Waals surface area contributed by atoms with Gasteiger partial charge >= 0.3 is 0 Å². The van der Waals surface area contributed by atoms with Crippen molar-refractivity contribution in [1.29, 1.82) is 0 Å². The minimum Gasteiger partial charge on any atom is -0.392 e. The maximum absolute atomic E-state index is 9.44. The molecule has 0 spiro atoms. The second-order valence-electron chi connectivity index (χ2n) is 4.99. The number of hydrogen-bond donors (Lipinski definition) is 2. The second kappa shape index (κ2) is 6.15. The van der Waals surface area contributed by atoms with E-state index in [1.165, 1.54) is 5.56 Å². The van der Waals surface area contributed by atoms with Crippen LogP contribution < -0.4 is 5.32 Å². The first-order valence-corrected chi connectivity index (χ1v) is 6.38. The minimum absolute atomic E-state index is 0.150. The van der Waals surface area contributed by atoms with E-state index in [0.717, 1.165) is 32.5 Å². The Morgan fingerprint density at radius 3 is 2.76 bits per heavy atom. The average molecular weight is 234 g/mol. The Kier molecular flexibility index (Phi) is 4.54. The van der Waals surface area contributed by atoms with Crippen LogP contribution >= 0.6 is 0 Å². The maximum atomic E-state index is 9.44. The molecule has 17 heavy (non-hydrogen) atoms. The van der Waals surface area contributed by atoms with Crippen LogP contribution in [0.2, 0.25) is 0 Å². The van der Waals surface area contributed by atoms with Crippen LogP contribution in [0.4, 0.5) is 0 Å². The quantitative estimate of drug-likeness (QED) is 0.794. The summed E-state index contributed by atoms with van der Waals surface area (Å²) in [7, 11) is 2.15. The van der Waals surface area contributed by atoms with Crippen molar-refractivity contribution in [3.8, 4) is 0 Å². The van der Waals surface area contributed by atoms with Crippen molar-refractivity contribution < 1.29 is 5.11 Å². The van der Waals surface area contributed by atoms with Gasteiger partial charge in [-0.05, 0) is 25.5 Å². The van der Waals surface area contributed by atoms with Gasteiger partial charge < -0.3 is 15.3 Å². The van der Waals surface area contributed by atoms with Crippen LogP contribution in [0, 0.1) is 0 Å². The normalized spacial score (nSPS) is 24.4. The highest BCUT2D eigenvalue weighted by atomic mass is 16.3. The summed E-state index contributed by atoms with van der Waals surface area (Å²) in [5.41, 5.74) is 1.39. The third-order valence-corrected chi connectivity index (χ3v) is 3.36. The molecule has 0 aromatic heterocycles. The van der Waals surface area contributed by atoms with Crippen LogP contribution in [0.15, 0.2) is 30.3 Å². The molecule has 1 aliphatic rings. The number of β-amino-alcohol motifs (C(OH)–C–C–N with tert-alkyl or cyclic N) is 1. The molecule has 1 aromatic carbocycles. The number of rotatable bonds is 5. The molecule has 0 radical (unpaired) electrons. The Hall–Kier alpha value is -0.900. The van der Waals surface area contributed by atoms with Gasteiger partial charge in [-0.15, -0.1) is 0 Å². The van der Waals surface area contributed by atoms with Crippen LogP contribution in [0.5, 0.6) is 0 Å². The van der Waals surface area contributed by atoms with Crippen LogP contribution in [-0.4, -0.2) is 48.8 Å². The summed E-state index contributed by atoms with van der Waals surface area (Å²) in [6.07, 6.45) is 1.82. The summed E-state index contributed by atoms with van der Waals surface area (Å²) in [6.45, 7) is 2.83. The van der Waals surface area contributed by atoms with Crippen molar-refractivity contribution in [1.82, 2.24) is 10.2 Å². The zero-order chi connectivity index (χ0) is 12.1. The van der Waals surface area contributed by atoms with E-state index in [1.807, 2.05) is 0 Å². The van der Waals surface area contributed by atoms with E-state index >= 15 is 0 Å². The standard InChI is InChI=1S/C14H22N2O/c1-16(11-13-9-14(17)10-15-13)8-7-12-5-3-2-4-6-12/h2-6,13-15,17H,7-11H2,1H3. The lowest BCUT2D eigenvalue weighted by Gasteiger charge is -2.20. The lowest BCUT2D eigenvalue weighted by atomic mass is 10.1. The Morgan fingerprint density at radius 2 is 2.12 bits per heavy atom. The first-order chi connectivity index (χ1) is 8.24. The fourth-order valence-corrected chi connectivity index (χ4v) is 2.37. The molecule has 2 atom stereocenters. The van der Waals surface area contributed by atoms with Gasteiger partial charge in [-0.1, -0.05) is 30.3 Å². The van der Waals surface area contributed by atoms with Gasteiger partial charge in [0.1, 0.15) is 0 Å². The summed E-state index contributed by atoms with van der Waals surface area (Å²) in [6, 6.07) is 11.0. The van der Waals surface area contributed by atoms with Crippen molar-refractivity contribution in [2.24, 2.45) is 0 Å². The molecule has 0 bridgehead atoms. The van der Waals surface area contributed by atoms with Crippen molar-refractivity contribution in [2.75, 3.05) is 26.7 Å². The minimum atomic E-state index is -0.150. The van der Waals surface area contributed by atoms with E-state index in [9.17, 15) is 5.11 Å². The number of hydrogen-bond acceptors (Lipinski definition) is 3. The second-order valence-corrected chi connectivity index (χ2v) is 4.99. The van der Waals surface area contributed by atoms with Crippen LogP contribution in [0.1, 0.15) is 12.0 Å². The number of aliphatic hydroxyl groups is 1. The van der Waals surface area contributed by atoms with Crippen molar-refractivity contribution in [2.45, 2.75) is 25.0 Å². The van der Waals surface area contributed by atoms with E-state index in [-0.39, 0.29) is 6.10 Å². The summed E-state index contributed by atoms with van der Waals surface area (Å²) < 4.78 is 0. The largest absolute Gasteiger partial charge is 0.392 e. The lowest BCUT2D eigenvalue weighted by molar-refractivity contribution is 0.189. The summed E-state index contributed by atoms with van der Waals surface area (Å²) in [4.78, 5) is 2.34. The average Bonchev–Trinajstić information content (AvgIpc) is 2.73. The Labute approximate surface area is 103 Å². The van der Waals surface area contributed by atoms with Crippen molar-refractivity contribution in [3.05, 3.63) is 35.9 Å². The molecule has 2 unspecified atom stereocenters. The van der Waals surface area contributed by atoms with Gasteiger partial charge in [0.15, 0.2) is 0 Å². The van der Waals surface area contributed by atoms with Gasteiger partial charge in [0, 0.05) is 25.7 Å². The molecular formula is C14H22N2O. The topological polar surface area (TPSA) is 35.5 Å². The molecule has 1 saturated heterocycles. The number of aliphatic hydroxyl groups excluding tert-OH is 1. The third kappa shape index (κ3) is 4.11. The van der Waals surface area contributed by atoms with E-state index in [4.69, 9.17) is 0 Å². The molecule has 1 heterocycles. The molecule has 3 nitrogen and oxygen atoms in total. The Morgan fingerprint density at radius 1 is 1.35 bits per heavy atom. The first-order valence-electron chi connectivity index (χ1n) is 6.38. The van der Waals surface area contributed by atoms with Gasteiger partial charge in [0.2, 0.25) is 0 Å². The third-order valence-electron chi connectivity index (χ3n) is 3.36. The van der Waals surface area contributed by atoms with Crippen LogP contribution in [0.25, 0.3) is 0 Å². The number of nitrogens with zero attached hydrogens (tertiary/aromatic N) is 1. The summed E-state index contributed by atoms with van der Waals surface area (Å²) >= 11 is 0. The van der Waals surface area contributed by atoms with Crippen LogP contribution in [-0.2, 0) is 6.42 Å². The summed E-state index contributed by atoms with van der Waals surface area (Å²) in [5.74, 6) is 0. The van der Waals surface area contributed by atoms with Crippen molar-refractivity contribution in [3.63, 3.8) is 0 Å². The Bertz CT molecular complexity index is 328. The van der Waals surface area contributed by atoms with Crippen LogP contribution in [0.3, 0.4) is 0 Å². The number of nitrogens with one attached hydrogen (secondary N) is 1. The molecule has 0 amide bonds. The zero-order valence-electron chi connectivity index (χ0n) is 10.5. The van der Waals surface area contributed by atoms with Crippen molar-refractivity contribution >= 4 is 0 Å². The maximum Gasteiger partial charge on any atom is 0.0680 e. The van der Waals surface area contributed by atoms with E-state index in [0.29, 0.717) is 6.04 Å². The highest BCUT2D eigenvalue weighted by Crippen LogP contribution is 2.08. The smallest absolute Gasteiger partial charge is 0.0680 e. The molecule has 0 saturated carbocycles. The van der Waals surface area contributed by atoms with Gasteiger partial charge in [-0.2, -0.15) is 0 Å². The summed E-state index contributed by atoms with van der Waals surface area (Å²) in [5, 5.41) is 12.8. The fraction of sp³-hybridized carbons (Fsp3) is 0.571. The van der Waals surface area contributed by atoms with Gasteiger partial charge in [-0.3, -0.25) is 0 Å². The first kappa shape index (κ1) is 12.6. The molecular weight excluding hydrogens is 212 g/mol. The predicted molar refractivity (Wildman–Crippen MR) is 70.1 cm³/mol. The zero-order valence-corrected chi connectivity index (χ0v) is 10.5. The Balaban J connectivity index is 1.69. The highest BCUT2D eigenvalue weighted by molar-refractivity contribution is 5.14. The molecule has 2 N–H and O–H groups in total. The van der Waals surface area contributed by atoms with Gasteiger partial charge in [-0.25, -0.2) is 0 Å². The molecule has 1 aliphatic heterocycles. The van der Waals surface area contributed by atoms with E-state index in [2.05, 4.69) is 47.6 Å². The van der Waals surface area contributed by atoms with E-state index in [1.54, 1.807) is 0 Å². The molecule has 3 heteroatoms. The monoisotopic (exact) mass is 234 g/mol. The van der Waals surface area contributed by atoms with Gasteiger partial charge in [0.25, 0.3) is 0 Å². The fourth-order valence-electron chi connectivity index (χ4n) is 2.37. The van der Waals surface area contributed by atoms with E-state index < -0.39 is 0 Å². The molecule has 2 rings (SSSR count). The molecule has 0 aliphatic carbocycles. The number of likely N-dealkylation sites (N-methyl/N-ethyl adjacent to an activating group) is 1. The lowest BCUT2D eigenvalue weighted by Crippen LogP contribution is -2.36. The molecule has 1 fully saturated rings.